The summed E-state index contributed by atoms with van der Waals surface area (Å²) in [6.07, 6.45) is -0.512. The maximum atomic E-state index is 11.2. The van der Waals surface area contributed by atoms with E-state index < -0.39 is 12.1 Å². The van der Waals surface area contributed by atoms with Crippen molar-refractivity contribution in [2.75, 3.05) is 7.11 Å². The molecule has 1 heterocycles. The van der Waals surface area contributed by atoms with Gasteiger partial charge in [-0.2, -0.15) is 5.10 Å². The molecule has 0 bridgehead atoms. The van der Waals surface area contributed by atoms with Gasteiger partial charge in [0.1, 0.15) is 17.4 Å². The number of aromatic amines is 1. The van der Waals surface area contributed by atoms with Crippen molar-refractivity contribution in [3.05, 3.63) is 41.2 Å². The Morgan fingerprint density at radius 1 is 1.35 bits per heavy atom. The van der Waals surface area contributed by atoms with Crippen LogP contribution in [0.4, 0.5) is 0 Å². The van der Waals surface area contributed by atoms with Crippen LogP contribution in [0.5, 0.6) is 11.5 Å². The molecule has 1 aromatic heterocycles. The third-order valence-electron chi connectivity index (χ3n) is 2.95. The molecule has 2 aromatic rings. The Morgan fingerprint density at radius 2 is 2.00 bits per heavy atom. The molecule has 20 heavy (non-hydrogen) atoms. The minimum Gasteiger partial charge on any atom is -0.493 e. The number of para-hydroxylation sites is 2. The van der Waals surface area contributed by atoms with Crippen LogP contribution < -0.4 is 9.47 Å². The highest BCUT2D eigenvalue weighted by Gasteiger charge is 2.23. The molecule has 2 N–H and O–H groups in total. The van der Waals surface area contributed by atoms with Crippen LogP contribution in [0.25, 0.3) is 0 Å². The van der Waals surface area contributed by atoms with Crippen LogP contribution in [0.3, 0.4) is 0 Å². The van der Waals surface area contributed by atoms with Gasteiger partial charge < -0.3 is 14.6 Å². The molecule has 0 aliphatic heterocycles. The van der Waals surface area contributed by atoms with E-state index in [0.717, 1.165) is 0 Å². The van der Waals surface area contributed by atoms with E-state index in [1.807, 2.05) is 12.1 Å². The fourth-order valence-electron chi connectivity index (χ4n) is 1.97. The third-order valence-corrected chi connectivity index (χ3v) is 2.95. The SMILES string of the molecule is COc1ccccc1OC(C)c1n[nH]c(C)c1C(=O)O. The van der Waals surface area contributed by atoms with E-state index in [1.54, 1.807) is 33.1 Å². The van der Waals surface area contributed by atoms with Gasteiger partial charge in [0.2, 0.25) is 0 Å². The standard InChI is InChI=1S/C14H16N2O4/c1-8-12(14(17)18)13(16-15-8)9(2)20-11-7-5-4-6-10(11)19-3/h4-7,9H,1-3H3,(H,15,16)(H,17,18). The lowest BCUT2D eigenvalue weighted by molar-refractivity contribution is 0.0690. The molecular weight excluding hydrogens is 260 g/mol. The number of methoxy groups -OCH3 is 1. The molecule has 6 nitrogen and oxygen atoms in total. The maximum Gasteiger partial charge on any atom is 0.339 e. The Morgan fingerprint density at radius 3 is 2.60 bits per heavy atom. The van der Waals surface area contributed by atoms with Gasteiger partial charge in [0.15, 0.2) is 11.5 Å². The summed E-state index contributed by atoms with van der Waals surface area (Å²) < 4.78 is 11.0. The van der Waals surface area contributed by atoms with Crippen molar-refractivity contribution < 1.29 is 19.4 Å². The van der Waals surface area contributed by atoms with Crippen LogP contribution in [0.15, 0.2) is 24.3 Å². The first-order chi connectivity index (χ1) is 9.54. The van der Waals surface area contributed by atoms with E-state index in [1.165, 1.54) is 0 Å². The topological polar surface area (TPSA) is 84.4 Å². The summed E-state index contributed by atoms with van der Waals surface area (Å²) in [6, 6.07) is 7.18. The van der Waals surface area contributed by atoms with E-state index in [0.29, 0.717) is 22.9 Å². The first kappa shape index (κ1) is 13.9. The monoisotopic (exact) mass is 276 g/mol. The predicted octanol–water partition coefficient (Wildman–Crippen LogP) is 2.56. The Hall–Kier alpha value is -2.50. The number of benzene rings is 1. The second kappa shape index (κ2) is 5.64. The van der Waals surface area contributed by atoms with Crippen LogP contribution in [0.1, 0.15) is 34.8 Å². The molecule has 0 aliphatic carbocycles. The smallest absolute Gasteiger partial charge is 0.339 e. The molecule has 0 saturated carbocycles. The molecule has 1 unspecified atom stereocenters. The van der Waals surface area contributed by atoms with Gasteiger partial charge in [-0.25, -0.2) is 4.79 Å². The number of carboxylic acid groups (broad SMARTS) is 1. The summed E-state index contributed by atoms with van der Waals surface area (Å²) in [4.78, 5) is 11.2. The molecule has 2 rings (SSSR count). The Kier molecular flexibility index (Phi) is 3.93. The maximum absolute atomic E-state index is 11.2. The zero-order valence-corrected chi connectivity index (χ0v) is 11.5. The number of hydrogen-bond acceptors (Lipinski definition) is 4. The zero-order chi connectivity index (χ0) is 14.7. The molecule has 1 aromatic carbocycles. The lowest BCUT2D eigenvalue weighted by atomic mass is 10.1. The summed E-state index contributed by atoms with van der Waals surface area (Å²) >= 11 is 0. The minimum atomic E-state index is -1.03. The molecular formula is C14H16N2O4. The largest absolute Gasteiger partial charge is 0.493 e. The molecule has 0 aliphatic rings. The molecule has 0 radical (unpaired) electrons. The quantitative estimate of drug-likeness (QED) is 0.876. The Labute approximate surface area is 116 Å². The fourth-order valence-corrected chi connectivity index (χ4v) is 1.97. The number of carboxylic acids is 1. The number of aromatic carboxylic acids is 1. The zero-order valence-electron chi connectivity index (χ0n) is 11.5. The van der Waals surface area contributed by atoms with Crippen molar-refractivity contribution in [3.63, 3.8) is 0 Å². The molecule has 6 heteroatoms. The highest BCUT2D eigenvalue weighted by atomic mass is 16.5. The number of rotatable bonds is 5. The first-order valence-electron chi connectivity index (χ1n) is 6.12. The predicted molar refractivity (Wildman–Crippen MR) is 72.3 cm³/mol. The first-order valence-corrected chi connectivity index (χ1v) is 6.12. The van der Waals surface area contributed by atoms with Gasteiger partial charge in [-0.05, 0) is 26.0 Å². The fraction of sp³-hybridized carbons (Fsp3) is 0.286. The number of hydrogen-bond donors (Lipinski definition) is 2. The molecule has 0 spiro atoms. The van der Waals surface area contributed by atoms with Gasteiger partial charge in [0.05, 0.1) is 7.11 Å². The Balaban J connectivity index is 2.29. The van der Waals surface area contributed by atoms with Gasteiger partial charge in [-0.15, -0.1) is 0 Å². The van der Waals surface area contributed by atoms with Gasteiger partial charge in [0.25, 0.3) is 0 Å². The van der Waals surface area contributed by atoms with Crippen LogP contribution in [0, 0.1) is 6.92 Å². The number of carbonyl (C=O) groups is 1. The van der Waals surface area contributed by atoms with Gasteiger partial charge in [-0.3, -0.25) is 5.10 Å². The van der Waals surface area contributed by atoms with Gasteiger partial charge >= 0.3 is 5.97 Å². The van der Waals surface area contributed by atoms with E-state index in [4.69, 9.17) is 9.47 Å². The van der Waals surface area contributed by atoms with Crippen molar-refractivity contribution in [2.45, 2.75) is 20.0 Å². The lowest BCUT2D eigenvalue weighted by Gasteiger charge is -2.15. The summed E-state index contributed by atoms with van der Waals surface area (Å²) in [7, 11) is 1.55. The number of nitrogens with one attached hydrogen (secondary N) is 1. The number of ether oxygens (including phenoxy) is 2. The van der Waals surface area contributed by atoms with E-state index in [9.17, 15) is 9.90 Å². The highest BCUT2D eigenvalue weighted by Crippen LogP contribution is 2.31. The summed E-state index contributed by atoms with van der Waals surface area (Å²) in [5.74, 6) is 0.102. The van der Waals surface area contributed by atoms with E-state index in [2.05, 4.69) is 10.2 Å². The van der Waals surface area contributed by atoms with Crippen LogP contribution >= 0.6 is 0 Å². The van der Waals surface area contributed by atoms with Crippen molar-refractivity contribution in [1.29, 1.82) is 0 Å². The van der Waals surface area contributed by atoms with Crippen molar-refractivity contribution in [3.8, 4) is 11.5 Å². The summed E-state index contributed by atoms with van der Waals surface area (Å²) in [5, 5.41) is 15.9. The second-order valence-corrected chi connectivity index (χ2v) is 4.32. The highest BCUT2D eigenvalue weighted by molar-refractivity contribution is 5.90. The van der Waals surface area contributed by atoms with Crippen molar-refractivity contribution in [2.24, 2.45) is 0 Å². The molecule has 0 saturated heterocycles. The second-order valence-electron chi connectivity index (χ2n) is 4.32. The molecule has 1 atom stereocenters. The molecule has 0 fully saturated rings. The summed E-state index contributed by atoms with van der Waals surface area (Å²) in [6.45, 7) is 3.41. The van der Waals surface area contributed by atoms with Crippen LogP contribution in [0.2, 0.25) is 0 Å². The third kappa shape index (κ3) is 2.59. The van der Waals surface area contributed by atoms with Crippen LogP contribution in [-0.2, 0) is 0 Å². The average molecular weight is 276 g/mol. The normalized spacial score (nSPS) is 11.9. The molecule has 106 valence electrons. The van der Waals surface area contributed by atoms with Gasteiger partial charge in [-0.1, -0.05) is 12.1 Å². The average Bonchev–Trinajstić information content (AvgIpc) is 2.81. The van der Waals surface area contributed by atoms with Crippen LogP contribution in [-0.4, -0.2) is 28.4 Å². The van der Waals surface area contributed by atoms with Crippen molar-refractivity contribution >= 4 is 5.97 Å². The van der Waals surface area contributed by atoms with Crippen molar-refractivity contribution in [1.82, 2.24) is 10.2 Å². The lowest BCUT2D eigenvalue weighted by Crippen LogP contribution is -2.10. The number of H-pyrrole nitrogens is 1. The minimum absolute atomic E-state index is 0.146. The Bertz CT molecular complexity index is 621. The molecule has 0 amide bonds. The van der Waals surface area contributed by atoms with Gasteiger partial charge in [0, 0.05) is 5.69 Å². The van der Waals surface area contributed by atoms with E-state index in [-0.39, 0.29) is 5.56 Å². The number of aromatic nitrogens is 2. The number of nitrogens with zero attached hydrogens (tertiary/aromatic N) is 1. The summed E-state index contributed by atoms with van der Waals surface area (Å²) in [5.41, 5.74) is 1.01. The number of aryl methyl sites for hydroxylation is 1. The van der Waals surface area contributed by atoms with E-state index >= 15 is 0 Å².